The summed E-state index contributed by atoms with van der Waals surface area (Å²) >= 11 is 0. The minimum Gasteiger partial charge on any atom is -0.0735 e. The molecule has 17 heavy (non-hydrogen) atoms. The molecule has 0 amide bonds. The molecule has 96 valence electrons. The lowest BCUT2D eigenvalue weighted by atomic mass is 9.73. The van der Waals surface area contributed by atoms with E-state index >= 15 is 0 Å². The fourth-order valence-electron chi connectivity index (χ4n) is 4.64. The van der Waals surface area contributed by atoms with E-state index in [-0.39, 0.29) is 0 Å². The van der Waals surface area contributed by atoms with E-state index in [9.17, 15) is 0 Å². The van der Waals surface area contributed by atoms with Gasteiger partial charge in [0.25, 0.3) is 0 Å². The van der Waals surface area contributed by atoms with Gasteiger partial charge >= 0.3 is 0 Å². The molecule has 0 N–H and O–H groups in total. The van der Waals surface area contributed by atoms with Gasteiger partial charge in [-0.25, -0.2) is 0 Å². The summed E-state index contributed by atoms with van der Waals surface area (Å²) in [7, 11) is 0. The van der Waals surface area contributed by atoms with Gasteiger partial charge in [-0.1, -0.05) is 50.2 Å². The summed E-state index contributed by atoms with van der Waals surface area (Å²) in [6.07, 6.45) is 13.4. The van der Waals surface area contributed by atoms with Crippen LogP contribution in [0.3, 0.4) is 0 Å². The molecule has 0 saturated heterocycles. The van der Waals surface area contributed by atoms with Crippen LogP contribution in [-0.2, 0) is 0 Å². The molecule has 0 heterocycles. The van der Waals surface area contributed by atoms with Crippen LogP contribution >= 0.6 is 0 Å². The molecule has 4 unspecified atom stereocenters. The maximum Gasteiger partial charge on any atom is -0.0166 e. The Balaban J connectivity index is 1.62. The third-order valence-electron chi connectivity index (χ3n) is 5.78. The zero-order valence-electron chi connectivity index (χ0n) is 11.7. The molecule has 3 rings (SSSR count). The van der Waals surface area contributed by atoms with E-state index in [0.29, 0.717) is 0 Å². The summed E-state index contributed by atoms with van der Waals surface area (Å²) in [4.78, 5) is 0. The van der Waals surface area contributed by atoms with Gasteiger partial charge in [0.15, 0.2) is 0 Å². The van der Waals surface area contributed by atoms with Crippen LogP contribution in [0.5, 0.6) is 0 Å². The van der Waals surface area contributed by atoms with Gasteiger partial charge in [-0.15, -0.1) is 0 Å². The fourth-order valence-corrected chi connectivity index (χ4v) is 4.64. The summed E-state index contributed by atoms with van der Waals surface area (Å²) in [6, 6.07) is 0. The SMILES string of the molecule is CCCC1CCCCC1C1CC1C1=C(C)CC1. The zero-order valence-corrected chi connectivity index (χ0v) is 11.7. The van der Waals surface area contributed by atoms with Gasteiger partial charge in [-0.3, -0.25) is 0 Å². The lowest BCUT2D eigenvalue weighted by Gasteiger charge is -2.33. The monoisotopic (exact) mass is 232 g/mol. The highest BCUT2D eigenvalue weighted by Gasteiger charge is 2.48. The van der Waals surface area contributed by atoms with E-state index < -0.39 is 0 Å². The first-order valence-electron chi connectivity index (χ1n) is 7.99. The maximum atomic E-state index is 2.37. The molecule has 0 aromatic rings. The van der Waals surface area contributed by atoms with Crippen LogP contribution in [0, 0.1) is 23.7 Å². The molecule has 2 saturated carbocycles. The van der Waals surface area contributed by atoms with Crippen LogP contribution in [0.4, 0.5) is 0 Å². The average molecular weight is 232 g/mol. The normalized spacial score (nSPS) is 41.3. The first kappa shape index (κ1) is 11.8. The maximum absolute atomic E-state index is 2.37. The summed E-state index contributed by atoms with van der Waals surface area (Å²) < 4.78 is 0. The van der Waals surface area contributed by atoms with Crippen molar-refractivity contribution >= 4 is 0 Å². The molecule has 0 spiro atoms. The predicted molar refractivity (Wildman–Crippen MR) is 73.9 cm³/mol. The van der Waals surface area contributed by atoms with Gasteiger partial charge in [0, 0.05) is 0 Å². The van der Waals surface area contributed by atoms with Gasteiger partial charge in [0.1, 0.15) is 0 Å². The van der Waals surface area contributed by atoms with Crippen LogP contribution in [0.2, 0.25) is 0 Å². The largest absolute Gasteiger partial charge is 0.0735 e. The van der Waals surface area contributed by atoms with Gasteiger partial charge in [-0.2, -0.15) is 0 Å². The highest BCUT2D eigenvalue weighted by atomic mass is 14.5. The van der Waals surface area contributed by atoms with Crippen molar-refractivity contribution in [2.24, 2.45) is 23.7 Å². The van der Waals surface area contributed by atoms with Crippen LogP contribution in [0.25, 0.3) is 0 Å². The summed E-state index contributed by atoms with van der Waals surface area (Å²) in [5, 5.41) is 0. The molecule has 3 aliphatic rings. The second kappa shape index (κ2) is 4.78. The topological polar surface area (TPSA) is 0 Å². The molecule has 0 nitrogen and oxygen atoms in total. The molecular formula is C17H28. The molecule has 0 aliphatic heterocycles. The summed E-state index contributed by atoms with van der Waals surface area (Å²) in [6.45, 7) is 4.74. The first-order valence-corrected chi connectivity index (χ1v) is 7.99. The Morgan fingerprint density at radius 3 is 2.53 bits per heavy atom. The van der Waals surface area contributed by atoms with Gasteiger partial charge in [-0.05, 0) is 56.3 Å². The predicted octanol–water partition coefficient (Wildman–Crippen LogP) is 5.34. The average Bonchev–Trinajstić information content (AvgIpc) is 3.08. The van der Waals surface area contributed by atoms with Crippen molar-refractivity contribution in [3.63, 3.8) is 0 Å². The van der Waals surface area contributed by atoms with Gasteiger partial charge < -0.3 is 0 Å². The van der Waals surface area contributed by atoms with Crippen molar-refractivity contribution in [3.05, 3.63) is 11.1 Å². The molecule has 4 atom stereocenters. The van der Waals surface area contributed by atoms with E-state index in [1.807, 2.05) is 5.57 Å². The summed E-state index contributed by atoms with van der Waals surface area (Å²) in [5.41, 5.74) is 3.64. The van der Waals surface area contributed by atoms with Crippen LogP contribution in [0.1, 0.15) is 71.6 Å². The van der Waals surface area contributed by atoms with E-state index in [1.165, 1.54) is 38.5 Å². The summed E-state index contributed by atoms with van der Waals surface area (Å²) in [5.74, 6) is 4.35. The molecule has 2 fully saturated rings. The highest BCUT2D eigenvalue weighted by Crippen LogP contribution is 2.58. The van der Waals surface area contributed by atoms with Crippen molar-refractivity contribution in [2.45, 2.75) is 71.6 Å². The first-order chi connectivity index (χ1) is 8.31. The van der Waals surface area contributed by atoms with Crippen molar-refractivity contribution < 1.29 is 0 Å². The highest BCUT2D eigenvalue weighted by molar-refractivity contribution is 5.30. The smallest absolute Gasteiger partial charge is 0.0166 e. The lowest BCUT2D eigenvalue weighted by molar-refractivity contribution is 0.192. The Morgan fingerprint density at radius 1 is 1.06 bits per heavy atom. The molecule has 0 bridgehead atoms. The Morgan fingerprint density at radius 2 is 1.88 bits per heavy atom. The number of rotatable bonds is 4. The Kier molecular flexibility index (Phi) is 3.32. The number of hydrogen-bond acceptors (Lipinski definition) is 0. The van der Waals surface area contributed by atoms with Crippen LogP contribution < -0.4 is 0 Å². The van der Waals surface area contributed by atoms with Gasteiger partial charge in [0.2, 0.25) is 0 Å². The Bertz CT molecular complexity index is 310. The third kappa shape index (κ3) is 2.20. The third-order valence-corrected chi connectivity index (χ3v) is 5.78. The second-order valence-electron chi connectivity index (χ2n) is 6.81. The van der Waals surface area contributed by atoms with Crippen molar-refractivity contribution in [1.82, 2.24) is 0 Å². The number of allylic oxidation sites excluding steroid dienone is 2. The van der Waals surface area contributed by atoms with Crippen molar-refractivity contribution in [1.29, 1.82) is 0 Å². The molecule has 3 aliphatic carbocycles. The van der Waals surface area contributed by atoms with Crippen LogP contribution in [-0.4, -0.2) is 0 Å². The molecule has 0 aromatic carbocycles. The Hall–Kier alpha value is -0.260. The molecule has 0 aromatic heterocycles. The van der Waals surface area contributed by atoms with E-state index in [1.54, 1.807) is 24.8 Å². The minimum absolute atomic E-state index is 1.05. The zero-order chi connectivity index (χ0) is 11.8. The fraction of sp³-hybridized carbons (Fsp3) is 0.882. The Labute approximate surface area is 107 Å². The molecular weight excluding hydrogens is 204 g/mol. The standard InChI is InChI=1S/C17H28/c1-3-6-13-7-4-5-8-15(13)17-11-16(17)14-10-9-12(14)2/h13,15-17H,3-11H2,1-2H3. The number of hydrogen-bond donors (Lipinski definition) is 0. The quantitative estimate of drug-likeness (QED) is 0.574. The van der Waals surface area contributed by atoms with E-state index in [2.05, 4.69) is 13.8 Å². The molecule has 0 radical (unpaired) electrons. The van der Waals surface area contributed by atoms with Crippen molar-refractivity contribution in [2.75, 3.05) is 0 Å². The lowest BCUT2D eigenvalue weighted by Crippen LogP contribution is -2.22. The van der Waals surface area contributed by atoms with E-state index in [4.69, 9.17) is 0 Å². The van der Waals surface area contributed by atoms with Gasteiger partial charge in [0.05, 0.1) is 0 Å². The molecule has 0 heteroatoms. The van der Waals surface area contributed by atoms with E-state index in [0.717, 1.165) is 23.7 Å². The second-order valence-corrected chi connectivity index (χ2v) is 6.81. The minimum atomic E-state index is 1.05. The van der Waals surface area contributed by atoms with Crippen LogP contribution in [0.15, 0.2) is 11.1 Å². The van der Waals surface area contributed by atoms with Crippen molar-refractivity contribution in [3.8, 4) is 0 Å².